The normalized spacial score (nSPS) is 15.9. The number of furan rings is 1. The molecular weight excluding hydrogens is 370 g/mol. The Kier molecular flexibility index (Phi) is 9.47. The molecule has 0 aromatic carbocycles. The molecule has 1 aliphatic rings. The summed E-state index contributed by atoms with van der Waals surface area (Å²) in [6, 6.07) is 3.85. The highest BCUT2D eigenvalue weighted by Crippen LogP contribution is 2.02. The molecule has 2 heterocycles. The Labute approximate surface area is 174 Å². The monoisotopic (exact) mass is 407 g/mol. The first-order chi connectivity index (χ1) is 13.8. The first-order valence-corrected chi connectivity index (χ1v) is 10.5. The highest BCUT2D eigenvalue weighted by Gasteiger charge is 2.17. The highest BCUT2D eigenvalue weighted by molar-refractivity contribution is 5.86. The number of aliphatic imine (C=N–C) groups is 1. The molecule has 8 nitrogen and oxygen atoms in total. The Morgan fingerprint density at radius 3 is 2.72 bits per heavy atom. The van der Waals surface area contributed by atoms with E-state index in [-0.39, 0.29) is 18.0 Å². The fourth-order valence-corrected chi connectivity index (χ4v) is 3.12. The first-order valence-electron chi connectivity index (χ1n) is 10.5. The molecule has 8 heteroatoms. The Bertz CT molecular complexity index is 619. The number of nitrogens with one attached hydrogen (secondary N) is 2. The van der Waals surface area contributed by atoms with E-state index in [9.17, 15) is 4.79 Å². The number of guanidine groups is 1. The maximum absolute atomic E-state index is 12.3. The van der Waals surface area contributed by atoms with Crippen molar-refractivity contribution < 1.29 is 13.9 Å². The van der Waals surface area contributed by atoms with Crippen molar-refractivity contribution in [2.45, 2.75) is 39.2 Å². The van der Waals surface area contributed by atoms with Crippen LogP contribution in [0.25, 0.3) is 0 Å². The number of likely N-dealkylation sites (N-methyl/N-ethyl adjacent to an activating group) is 1. The van der Waals surface area contributed by atoms with E-state index in [1.165, 1.54) is 0 Å². The number of carbonyl (C=O) groups is 1. The average Bonchev–Trinajstić information content (AvgIpc) is 3.16. The van der Waals surface area contributed by atoms with Gasteiger partial charge in [-0.3, -0.25) is 14.7 Å². The van der Waals surface area contributed by atoms with Crippen molar-refractivity contribution in [3.8, 4) is 0 Å². The van der Waals surface area contributed by atoms with Crippen molar-refractivity contribution in [2.75, 3.05) is 59.5 Å². The molecule has 2 rings (SSSR count). The summed E-state index contributed by atoms with van der Waals surface area (Å²) in [6.07, 6.45) is 3.42. The Morgan fingerprint density at radius 1 is 1.31 bits per heavy atom. The number of morpholine rings is 1. The van der Waals surface area contributed by atoms with Crippen LogP contribution in [0.3, 0.4) is 0 Å². The van der Waals surface area contributed by atoms with Gasteiger partial charge in [-0.15, -0.1) is 0 Å². The topological polar surface area (TPSA) is 82.3 Å². The zero-order valence-electron chi connectivity index (χ0n) is 18.4. The van der Waals surface area contributed by atoms with Gasteiger partial charge in [0.25, 0.3) is 0 Å². The van der Waals surface area contributed by atoms with Crippen LogP contribution in [-0.4, -0.2) is 86.7 Å². The maximum atomic E-state index is 12.3. The lowest BCUT2D eigenvalue weighted by Gasteiger charge is -2.27. The Morgan fingerprint density at radius 2 is 2.07 bits per heavy atom. The van der Waals surface area contributed by atoms with Crippen molar-refractivity contribution >= 4 is 11.9 Å². The molecule has 0 unspecified atom stereocenters. The van der Waals surface area contributed by atoms with E-state index in [1.54, 1.807) is 6.26 Å². The maximum Gasteiger partial charge on any atom is 0.240 e. The molecule has 0 saturated carbocycles. The number of amides is 1. The lowest BCUT2D eigenvalue weighted by Crippen LogP contribution is -2.49. The first kappa shape index (κ1) is 23.2. The summed E-state index contributed by atoms with van der Waals surface area (Å²) in [5.74, 6) is 1.65. The summed E-state index contributed by atoms with van der Waals surface area (Å²) in [5, 5.41) is 6.36. The molecule has 0 aliphatic carbocycles. The predicted octanol–water partition coefficient (Wildman–Crippen LogP) is 1.34. The predicted molar refractivity (Wildman–Crippen MR) is 115 cm³/mol. The summed E-state index contributed by atoms with van der Waals surface area (Å²) in [6.45, 7) is 12.2. The van der Waals surface area contributed by atoms with E-state index in [0.717, 1.165) is 57.4 Å². The summed E-state index contributed by atoms with van der Waals surface area (Å²) in [5.41, 5.74) is -0.250. The standard InChI is InChI=1S/C21H37N5O3/c1-21(2,3)24-19(27)17-25(4)20(23-10-8-18-7-5-14-29-18)22-9-6-11-26-12-15-28-16-13-26/h5,7,14H,6,8-13,15-17H2,1-4H3,(H,22,23)(H,24,27). The molecule has 0 spiro atoms. The van der Waals surface area contributed by atoms with Crippen LogP contribution in [0.1, 0.15) is 33.0 Å². The molecule has 1 aromatic heterocycles. The zero-order chi connectivity index (χ0) is 21.1. The van der Waals surface area contributed by atoms with Crippen LogP contribution in [0.15, 0.2) is 27.8 Å². The lowest BCUT2D eigenvalue weighted by atomic mass is 10.1. The van der Waals surface area contributed by atoms with Gasteiger partial charge in [-0.2, -0.15) is 0 Å². The molecule has 1 aliphatic heterocycles. The van der Waals surface area contributed by atoms with Gasteiger partial charge in [0.05, 0.1) is 26.0 Å². The summed E-state index contributed by atoms with van der Waals surface area (Å²) >= 11 is 0. The second-order valence-electron chi connectivity index (χ2n) is 8.42. The van der Waals surface area contributed by atoms with Gasteiger partial charge in [-0.25, -0.2) is 0 Å². The number of rotatable bonds is 9. The molecule has 164 valence electrons. The number of carbonyl (C=O) groups excluding carboxylic acids is 1. The molecule has 0 atom stereocenters. The molecule has 29 heavy (non-hydrogen) atoms. The molecule has 0 radical (unpaired) electrons. The van der Waals surface area contributed by atoms with Gasteiger partial charge in [-0.05, 0) is 39.3 Å². The Hall–Kier alpha value is -2.06. The summed E-state index contributed by atoms with van der Waals surface area (Å²) in [4.78, 5) is 21.3. The molecule has 0 bridgehead atoms. The van der Waals surface area contributed by atoms with Crippen molar-refractivity contribution in [1.29, 1.82) is 0 Å². The van der Waals surface area contributed by atoms with Crippen molar-refractivity contribution in [1.82, 2.24) is 20.4 Å². The number of nitrogens with zero attached hydrogens (tertiary/aromatic N) is 3. The third kappa shape index (κ3) is 9.80. The van der Waals surface area contributed by atoms with Crippen LogP contribution in [0, 0.1) is 0 Å². The second-order valence-corrected chi connectivity index (χ2v) is 8.42. The molecule has 2 N–H and O–H groups in total. The van der Waals surface area contributed by atoms with Crippen molar-refractivity contribution in [3.05, 3.63) is 24.2 Å². The van der Waals surface area contributed by atoms with Gasteiger partial charge in [-0.1, -0.05) is 0 Å². The van der Waals surface area contributed by atoms with Crippen LogP contribution >= 0.6 is 0 Å². The van der Waals surface area contributed by atoms with E-state index in [4.69, 9.17) is 14.1 Å². The summed E-state index contributed by atoms with van der Waals surface area (Å²) in [7, 11) is 1.89. The van der Waals surface area contributed by atoms with E-state index < -0.39 is 0 Å². The SMILES string of the molecule is CN(CC(=O)NC(C)(C)C)C(=NCCCN1CCOCC1)NCCc1ccco1. The number of hydrogen-bond acceptors (Lipinski definition) is 5. The van der Waals surface area contributed by atoms with Crippen molar-refractivity contribution in [3.63, 3.8) is 0 Å². The fraction of sp³-hybridized carbons (Fsp3) is 0.714. The average molecular weight is 408 g/mol. The molecule has 1 amide bonds. The smallest absolute Gasteiger partial charge is 0.240 e. The van der Waals surface area contributed by atoms with Crippen LogP contribution in [-0.2, 0) is 16.0 Å². The summed E-state index contributed by atoms with van der Waals surface area (Å²) < 4.78 is 10.8. The third-order valence-electron chi connectivity index (χ3n) is 4.49. The number of hydrogen-bond donors (Lipinski definition) is 2. The number of ether oxygens (including phenoxy) is 1. The van der Waals surface area contributed by atoms with E-state index in [0.29, 0.717) is 13.1 Å². The van der Waals surface area contributed by atoms with Gasteiger partial charge >= 0.3 is 0 Å². The minimum Gasteiger partial charge on any atom is -0.469 e. The van der Waals surface area contributed by atoms with Crippen LogP contribution in [0.2, 0.25) is 0 Å². The second kappa shape index (κ2) is 11.8. The third-order valence-corrected chi connectivity index (χ3v) is 4.49. The molecule has 1 fully saturated rings. The molecule has 1 aromatic rings. The lowest BCUT2D eigenvalue weighted by molar-refractivity contribution is -0.122. The zero-order valence-corrected chi connectivity index (χ0v) is 18.4. The fourth-order valence-electron chi connectivity index (χ4n) is 3.12. The van der Waals surface area contributed by atoms with E-state index >= 15 is 0 Å². The Balaban J connectivity index is 1.85. The van der Waals surface area contributed by atoms with Crippen LogP contribution < -0.4 is 10.6 Å². The van der Waals surface area contributed by atoms with Gasteiger partial charge in [0.1, 0.15) is 5.76 Å². The minimum atomic E-state index is -0.250. The van der Waals surface area contributed by atoms with Gasteiger partial charge in [0.2, 0.25) is 5.91 Å². The quantitative estimate of drug-likeness (QED) is 0.365. The van der Waals surface area contributed by atoms with Crippen molar-refractivity contribution in [2.24, 2.45) is 4.99 Å². The highest BCUT2D eigenvalue weighted by atomic mass is 16.5. The van der Waals surface area contributed by atoms with Gasteiger partial charge < -0.3 is 24.7 Å². The molecular formula is C21H37N5O3. The van der Waals surface area contributed by atoms with E-state index in [1.807, 2.05) is 44.9 Å². The largest absolute Gasteiger partial charge is 0.469 e. The van der Waals surface area contributed by atoms with E-state index in [2.05, 4.69) is 15.5 Å². The van der Waals surface area contributed by atoms with Gasteiger partial charge in [0.15, 0.2) is 5.96 Å². The van der Waals surface area contributed by atoms with Gasteiger partial charge in [0, 0.05) is 51.7 Å². The van der Waals surface area contributed by atoms with Crippen LogP contribution in [0.4, 0.5) is 0 Å². The molecule has 1 saturated heterocycles. The van der Waals surface area contributed by atoms with Crippen LogP contribution in [0.5, 0.6) is 0 Å². The minimum absolute atomic E-state index is 0.0196.